The summed E-state index contributed by atoms with van der Waals surface area (Å²) >= 11 is 5.12. The summed E-state index contributed by atoms with van der Waals surface area (Å²) in [4.78, 5) is 10.8. The number of aryl methyl sites for hydroxylation is 2. The first-order chi connectivity index (χ1) is 10.1. The molecule has 106 valence electrons. The van der Waals surface area contributed by atoms with Gasteiger partial charge in [-0.3, -0.25) is 5.43 Å². The molecule has 3 rings (SSSR count). The highest BCUT2D eigenvalue weighted by Gasteiger charge is 2.11. The molecule has 2 aromatic heterocycles. The number of anilines is 1. The quantitative estimate of drug-likeness (QED) is 0.551. The van der Waals surface area contributed by atoms with Crippen molar-refractivity contribution < 1.29 is 0 Å². The maximum Gasteiger partial charge on any atom is 0.158 e. The fourth-order valence-electron chi connectivity index (χ4n) is 2.02. The molecule has 21 heavy (non-hydrogen) atoms. The topological polar surface area (TPSA) is 50.2 Å². The van der Waals surface area contributed by atoms with Crippen LogP contribution in [0.2, 0.25) is 0 Å². The highest BCUT2D eigenvalue weighted by molar-refractivity contribution is 9.10. The molecular formula is C15H13BrN4S. The molecule has 0 fully saturated rings. The van der Waals surface area contributed by atoms with E-state index in [2.05, 4.69) is 50.3 Å². The summed E-state index contributed by atoms with van der Waals surface area (Å²) in [5.74, 6) is 0.744. The molecule has 0 amide bonds. The molecule has 1 N–H and O–H groups in total. The van der Waals surface area contributed by atoms with Gasteiger partial charge < -0.3 is 0 Å². The number of benzene rings is 1. The highest BCUT2D eigenvalue weighted by Crippen LogP contribution is 2.32. The first-order valence-corrected chi connectivity index (χ1v) is 8.01. The van der Waals surface area contributed by atoms with E-state index in [0.29, 0.717) is 0 Å². The lowest BCUT2D eigenvalue weighted by Gasteiger charge is -2.02. The minimum Gasteiger partial charge on any atom is -0.261 e. The maximum absolute atomic E-state index is 4.31. The van der Waals surface area contributed by atoms with Crippen molar-refractivity contribution >= 4 is 49.5 Å². The van der Waals surface area contributed by atoms with Gasteiger partial charge >= 0.3 is 0 Å². The Labute approximate surface area is 135 Å². The average Bonchev–Trinajstić information content (AvgIpc) is 2.75. The second-order valence-corrected chi connectivity index (χ2v) is 6.73. The summed E-state index contributed by atoms with van der Waals surface area (Å²) in [7, 11) is 0. The van der Waals surface area contributed by atoms with Gasteiger partial charge in [-0.05, 0) is 37.1 Å². The number of hydrogen-bond acceptors (Lipinski definition) is 5. The van der Waals surface area contributed by atoms with Crippen LogP contribution < -0.4 is 5.43 Å². The molecule has 1 aromatic carbocycles. The molecule has 0 saturated heterocycles. The monoisotopic (exact) mass is 360 g/mol. The van der Waals surface area contributed by atoms with E-state index < -0.39 is 0 Å². The molecule has 0 aliphatic rings. The largest absolute Gasteiger partial charge is 0.261 e. The van der Waals surface area contributed by atoms with E-state index in [-0.39, 0.29) is 0 Å². The Bertz CT molecular complexity index is 826. The average molecular weight is 361 g/mol. The molecule has 4 nitrogen and oxygen atoms in total. The van der Waals surface area contributed by atoms with Gasteiger partial charge in [0.2, 0.25) is 0 Å². The molecule has 0 radical (unpaired) electrons. The van der Waals surface area contributed by atoms with Crippen LogP contribution in [-0.2, 0) is 0 Å². The summed E-state index contributed by atoms with van der Waals surface area (Å²) in [5.41, 5.74) is 5.24. The van der Waals surface area contributed by atoms with E-state index >= 15 is 0 Å². The normalized spacial score (nSPS) is 11.4. The summed E-state index contributed by atoms with van der Waals surface area (Å²) in [6.45, 7) is 4.18. The summed E-state index contributed by atoms with van der Waals surface area (Å²) in [5, 5.41) is 5.32. The van der Waals surface area contributed by atoms with Gasteiger partial charge in [0.25, 0.3) is 0 Å². The zero-order chi connectivity index (χ0) is 14.8. The lowest BCUT2D eigenvalue weighted by Crippen LogP contribution is -1.95. The van der Waals surface area contributed by atoms with Gasteiger partial charge in [-0.1, -0.05) is 28.1 Å². The molecule has 6 heteroatoms. The van der Waals surface area contributed by atoms with Crippen LogP contribution in [0.3, 0.4) is 0 Å². The van der Waals surface area contributed by atoms with Crippen LogP contribution in [-0.4, -0.2) is 16.2 Å². The van der Waals surface area contributed by atoms with Crippen molar-refractivity contribution in [1.29, 1.82) is 0 Å². The van der Waals surface area contributed by atoms with Gasteiger partial charge in [-0.2, -0.15) is 5.10 Å². The minimum absolute atomic E-state index is 0.744. The van der Waals surface area contributed by atoms with Crippen LogP contribution in [0, 0.1) is 13.8 Å². The first kappa shape index (κ1) is 14.2. The lowest BCUT2D eigenvalue weighted by molar-refractivity contribution is 1.19. The Morgan fingerprint density at radius 1 is 1.29 bits per heavy atom. The van der Waals surface area contributed by atoms with Crippen molar-refractivity contribution in [3.05, 3.63) is 51.1 Å². The molecule has 3 aromatic rings. The summed E-state index contributed by atoms with van der Waals surface area (Å²) in [6, 6.07) is 7.95. The number of nitrogens with one attached hydrogen (secondary N) is 1. The molecule has 0 atom stereocenters. The number of hydrazone groups is 1. The van der Waals surface area contributed by atoms with Crippen molar-refractivity contribution in [3.63, 3.8) is 0 Å². The molecule has 0 aliphatic heterocycles. The SMILES string of the molecule is Cc1sc2ncnc(NN=Cc3cccc(Br)c3)c2c1C. The number of nitrogens with zero attached hydrogens (tertiary/aromatic N) is 3. The second kappa shape index (κ2) is 5.91. The van der Waals surface area contributed by atoms with E-state index in [0.717, 1.165) is 26.1 Å². The second-order valence-electron chi connectivity index (χ2n) is 4.61. The van der Waals surface area contributed by atoms with Crippen molar-refractivity contribution in [3.8, 4) is 0 Å². The van der Waals surface area contributed by atoms with Crippen LogP contribution in [0.25, 0.3) is 10.2 Å². The van der Waals surface area contributed by atoms with E-state index in [9.17, 15) is 0 Å². The Balaban J connectivity index is 1.89. The Morgan fingerprint density at radius 3 is 2.95 bits per heavy atom. The van der Waals surface area contributed by atoms with Crippen LogP contribution in [0.15, 0.2) is 40.2 Å². The molecule has 0 saturated carbocycles. The Morgan fingerprint density at radius 2 is 2.14 bits per heavy atom. The maximum atomic E-state index is 4.31. The molecule has 0 spiro atoms. The van der Waals surface area contributed by atoms with Crippen molar-refractivity contribution in [1.82, 2.24) is 9.97 Å². The number of thiophene rings is 1. The zero-order valence-electron chi connectivity index (χ0n) is 11.6. The number of halogens is 1. The van der Waals surface area contributed by atoms with Gasteiger partial charge in [0.15, 0.2) is 5.82 Å². The molecular weight excluding hydrogens is 348 g/mol. The third-order valence-electron chi connectivity index (χ3n) is 3.20. The van der Waals surface area contributed by atoms with Gasteiger partial charge in [0, 0.05) is 9.35 Å². The van der Waals surface area contributed by atoms with Crippen LogP contribution in [0.1, 0.15) is 16.0 Å². The molecule has 0 bridgehead atoms. The smallest absolute Gasteiger partial charge is 0.158 e. The standard InChI is InChI=1S/C15H13BrN4S/c1-9-10(2)21-15-13(9)14(17-8-18-15)20-19-7-11-4-3-5-12(16)6-11/h3-8H,1-2H3,(H,17,18,20). The van der Waals surface area contributed by atoms with E-state index in [1.54, 1.807) is 23.9 Å². The Kier molecular flexibility index (Phi) is 3.98. The lowest BCUT2D eigenvalue weighted by atomic mass is 10.2. The summed E-state index contributed by atoms with van der Waals surface area (Å²) < 4.78 is 1.03. The first-order valence-electron chi connectivity index (χ1n) is 6.40. The molecule has 0 unspecified atom stereocenters. The third kappa shape index (κ3) is 2.96. The van der Waals surface area contributed by atoms with Crippen LogP contribution in [0.5, 0.6) is 0 Å². The number of hydrogen-bond donors (Lipinski definition) is 1. The Hall–Kier alpha value is -1.79. The van der Waals surface area contributed by atoms with Crippen molar-refractivity contribution in [2.45, 2.75) is 13.8 Å². The number of aromatic nitrogens is 2. The van der Waals surface area contributed by atoms with Gasteiger partial charge in [0.05, 0.1) is 11.6 Å². The molecule has 0 aliphatic carbocycles. The number of rotatable bonds is 3. The number of fused-ring (bicyclic) bond motifs is 1. The summed E-state index contributed by atoms with van der Waals surface area (Å²) in [6.07, 6.45) is 3.34. The zero-order valence-corrected chi connectivity index (χ0v) is 14.0. The highest BCUT2D eigenvalue weighted by atomic mass is 79.9. The van der Waals surface area contributed by atoms with Gasteiger partial charge in [0.1, 0.15) is 11.2 Å². The fraction of sp³-hybridized carbons (Fsp3) is 0.133. The van der Waals surface area contributed by atoms with Crippen LogP contribution in [0.4, 0.5) is 5.82 Å². The molecule has 2 heterocycles. The van der Waals surface area contributed by atoms with Gasteiger partial charge in [-0.25, -0.2) is 9.97 Å². The van der Waals surface area contributed by atoms with Crippen molar-refractivity contribution in [2.24, 2.45) is 5.10 Å². The fourth-order valence-corrected chi connectivity index (χ4v) is 3.44. The third-order valence-corrected chi connectivity index (χ3v) is 4.81. The minimum atomic E-state index is 0.744. The van der Waals surface area contributed by atoms with E-state index in [1.807, 2.05) is 24.3 Å². The van der Waals surface area contributed by atoms with Crippen LogP contribution >= 0.6 is 27.3 Å². The van der Waals surface area contributed by atoms with E-state index in [4.69, 9.17) is 0 Å². The van der Waals surface area contributed by atoms with Gasteiger partial charge in [-0.15, -0.1) is 11.3 Å². The van der Waals surface area contributed by atoms with E-state index in [1.165, 1.54) is 10.4 Å². The predicted molar refractivity (Wildman–Crippen MR) is 92.2 cm³/mol. The predicted octanol–water partition coefficient (Wildman–Crippen LogP) is 4.52. The van der Waals surface area contributed by atoms with Crippen molar-refractivity contribution in [2.75, 3.05) is 5.43 Å².